The van der Waals surface area contributed by atoms with Gasteiger partial charge in [0, 0.05) is 20.7 Å². The van der Waals surface area contributed by atoms with Crippen LogP contribution in [0.3, 0.4) is 0 Å². The molecular formula is C10H8INO2. The number of carbonyl (C=O) groups is 1. The number of carbonyl (C=O) groups excluding carboxylic acids is 1. The monoisotopic (exact) mass is 301 g/mol. The van der Waals surface area contributed by atoms with Crippen molar-refractivity contribution in [1.82, 2.24) is 4.98 Å². The summed E-state index contributed by atoms with van der Waals surface area (Å²) in [4.78, 5) is 14.4. The van der Waals surface area contributed by atoms with Crippen molar-refractivity contribution in [1.29, 1.82) is 0 Å². The lowest BCUT2D eigenvalue weighted by Crippen LogP contribution is -1.99. The summed E-state index contributed by atoms with van der Waals surface area (Å²) in [5.74, 6) is -0.308. The molecule has 0 unspecified atom stereocenters. The molecule has 72 valence electrons. The van der Waals surface area contributed by atoms with Crippen LogP contribution in [0, 0.1) is 3.57 Å². The average Bonchev–Trinajstić information content (AvgIpc) is 2.59. The highest BCUT2D eigenvalue weighted by Gasteiger charge is 2.11. The van der Waals surface area contributed by atoms with Crippen LogP contribution in [0.4, 0.5) is 0 Å². The number of methoxy groups -OCH3 is 1. The van der Waals surface area contributed by atoms with E-state index in [0.29, 0.717) is 5.56 Å². The first-order chi connectivity index (χ1) is 6.72. The third-order valence-electron chi connectivity index (χ3n) is 2.05. The van der Waals surface area contributed by atoms with Gasteiger partial charge in [-0.3, -0.25) is 0 Å². The fourth-order valence-electron chi connectivity index (χ4n) is 1.38. The van der Waals surface area contributed by atoms with Crippen LogP contribution in [0.5, 0.6) is 0 Å². The van der Waals surface area contributed by atoms with Gasteiger partial charge < -0.3 is 9.72 Å². The molecule has 0 saturated heterocycles. The molecule has 0 amide bonds. The molecule has 1 aromatic carbocycles. The van der Waals surface area contributed by atoms with E-state index in [1.807, 2.05) is 18.2 Å². The predicted octanol–water partition coefficient (Wildman–Crippen LogP) is 2.56. The molecule has 4 heteroatoms. The number of hydrogen-bond donors (Lipinski definition) is 1. The number of nitrogens with one attached hydrogen (secondary N) is 1. The van der Waals surface area contributed by atoms with E-state index in [2.05, 4.69) is 32.3 Å². The third-order valence-corrected chi connectivity index (χ3v) is 2.72. The van der Waals surface area contributed by atoms with E-state index in [4.69, 9.17) is 0 Å². The van der Waals surface area contributed by atoms with E-state index in [1.165, 1.54) is 7.11 Å². The van der Waals surface area contributed by atoms with Crippen LogP contribution in [-0.4, -0.2) is 18.1 Å². The number of H-pyrrole nitrogens is 1. The Morgan fingerprint density at radius 2 is 2.29 bits per heavy atom. The number of fused-ring (bicyclic) bond motifs is 1. The Balaban J connectivity index is 2.64. The number of benzene rings is 1. The molecule has 14 heavy (non-hydrogen) atoms. The first-order valence-electron chi connectivity index (χ1n) is 4.07. The third kappa shape index (κ3) is 1.50. The lowest BCUT2D eigenvalue weighted by Gasteiger charge is -1.96. The van der Waals surface area contributed by atoms with Gasteiger partial charge in [-0.15, -0.1) is 0 Å². The van der Waals surface area contributed by atoms with Gasteiger partial charge >= 0.3 is 5.97 Å². The highest BCUT2D eigenvalue weighted by atomic mass is 127. The molecule has 2 rings (SSSR count). The molecule has 0 aliphatic rings. The lowest BCUT2D eigenvalue weighted by molar-refractivity contribution is 0.0603. The van der Waals surface area contributed by atoms with Crippen LogP contribution in [0.1, 0.15) is 10.4 Å². The van der Waals surface area contributed by atoms with Gasteiger partial charge in [-0.1, -0.05) is 6.07 Å². The smallest absolute Gasteiger partial charge is 0.340 e. The molecule has 0 atom stereocenters. The van der Waals surface area contributed by atoms with Crippen LogP contribution < -0.4 is 0 Å². The molecule has 1 aromatic heterocycles. The van der Waals surface area contributed by atoms with Gasteiger partial charge in [-0.05, 0) is 34.7 Å². The number of ether oxygens (including phenoxy) is 1. The number of esters is 1. The van der Waals surface area contributed by atoms with Crippen molar-refractivity contribution in [2.45, 2.75) is 0 Å². The molecule has 1 heterocycles. The Morgan fingerprint density at radius 1 is 1.50 bits per heavy atom. The molecule has 0 spiro atoms. The quantitative estimate of drug-likeness (QED) is 0.650. The molecule has 3 nitrogen and oxygen atoms in total. The minimum Gasteiger partial charge on any atom is -0.465 e. The summed E-state index contributed by atoms with van der Waals surface area (Å²) in [5, 5.41) is 0.900. The Morgan fingerprint density at radius 3 is 3.00 bits per heavy atom. The number of aromatic nitrogens is 1. The van der Waals surface area contributed by atoms with Crippen molar-refractivity contribution in [2.24, 2.45) is 0 Å². The summed E-state index contributed by atoms with van der Waals surface area (Å²) in [6.45, 7) is 0. The van der Waals surface area contributed by atoms with Gasteiger partial charge in [-0.25, -0.2) is 4.79 Å². The summed E-state index contributed by atoms with van der Waals surface area (Å²) in [6.07, 6.45) is 1.67. The van der Waals surface area contributed by atoms with Gasteiger partial charge in [0.1, 0.15) is 0 Å². The SMILES string of the molecule is COC(=O)c1c[nH]c2cc(I)ccc12. The van der Waals surface area contributed by atoms with Crippen LogP contribution in [0.2, 0.25) is 0 Å². The van der Waals surface area contributed by atoms with E-state index in [9.17, 15) is 4.79 Å². The van der Waals surface area contributed by atoms with Crippen LogP contribution >= 0.6 is 22.6 Å². The first-order valence-corrected chi connectivity index (χ1v) is 5.15. The zero-order chi connectivity index (χ0) is 10.1. The van der Waals surface area contributed by atoms with Gasteiger partial charge in [0.25, 0.3) is 0 Å². The lowest BCUT2D eigenvalue weighted by atomic mass is 10.2. The Hall–Kier alpha value is -1.04. The Bertz CT molecular complexity index is 490. The minimum atomic E-state index is -0.308. The van der Waals surface area contributed by atoms with Crippen molar-refractivity contribution < 1.29 is 9.53 Å². The predicted molar refractivity (Wildman–Crippen MR) is 62.4 cm³/mol. The number of aromatic amines is 1. The largest absolute Gasteiger partial charge is 0.465 e. The van der Waals surface area contributed by atoms with Crippen molar-refractivity contribution in [2.75, 3.05) is 7.11 Å². The zero-order valence-electron chi connectivity index (χ0n) is 7.50. The second kappa shape index (κ2) is 3.61. The molecule has 0 bridgehead atoms. The number of rotatable bonds is 1. The van der Waals surface area contributed by atoms with Crippen LogP contribution in [0.15, 0.2) is 24.4 Å². The van der Waals surface area contributed by atoms with Crippen LogP contribution in [-0.2, 0) is 4.74 Å². The highest BCUT2D eigenvalue weighted by Crippen LogP contribution is 2.20. The summed E-state index contributed by atoms with van der Waals surface area (Å²) >= 11 is 2.23. The maximum atomic E-state index is 11.3. The molecular weight excluding hydrogens is 293 g/mol. The molecule has 2 aromatic rings. The van der Waals surface area contributed by atoms with E-state index in [0.717, 1.165) is 14.5 Å². The molecule has 0 radical (unpaired) electrons. The molecule has 0 aliphatic carbocycles. The summed E-state index contributed by atoms with van der Waals surface area (Å²) < 4.78 is 5.80. The maximum absolute atomic E-state index is 11.3. The normalized spacial score (nSPS) is 10.4. The van der Waals surface area contributed by atoms with Crippen molar-refractivity contribution in [3.05, 3.63) is 33.5 Å². The number of hydrogen-bond acceptors (Lipinski definition) is 2. The molecule has 0 saturated carbocycles. The molecule has 1 N–H and O–H groups in total. The minimum absolute atomic E-state index is 0.308. The summed E-state index contributed by atoms with van der Waals surface area (Å²) in [6, 6.07) is 5.87. The van der Waals surface area contributed by atoms with E-state index in [1.54, 1.807) is 6.20 Å². The van der Waals surface area contributed by atoms with E-state index in [-0.39, 0.29) is 5.97 Å². The van der Waals surface area contributed by atoms with Crippen LogP contribution in [0.25, 0.3) is 10.9 Å². The Labute approximate surface area is 94.6 Å². The second-order valence-electron chi connectivity index (χ2n) is 2.88. The molecule has 0 aliphatic heterocycles. The number of halogens is 1. The highest BCUT2D eigenvalue weighted by molar-refractivity contribution is 14.1. The fourth-order valence-corrected chi connectivity index (χ4v) is 1.87. The second-order valence-corrected chi connectivity index (χ2v) is 4.13. The van der Waals surface area contributed by atoms with Gasteiger partial charge in [-0.2, -0.15) is 0 Å². The van der Waals surface area contributed by atoms with Gasteiger partial charge in [0.15, 0.2) is 0 Å². The van der Waals surface area contributed by atoms with Crippen molar-refractivity contribution in [3.63, 3.8) is 0 Å². The van der Waals surface area contributed by atoms with Crippen molar-refractivity contribution in [3.8, 4) is 0 Å². The standard InChI is InChI=1S/C10H8INO2/c1-14-10(13)8-5-12-9-4-6(11)2-3-7(8)9/h2-5,12H,1H3. The Kier molecular flexibility index (Phi) is 2.45. The van der Waals surface area contributed by atoms with E-state index < -0.39 is 0 Å². The molecule has 0 fully saturated rings. The zero-order valence-corrected chi connectivity index (χ0v) is 9.66. The van der Waals surface area contributed by atoms with Gasteiger partial charge in [0.2, 0.25) is 0 Å². The maximum Gasteiger partial charge on any atom is 0.340 e. The summed E-state index contributed by atoms with van der Waals surface area (Å²) in [7, 11) is 1.38. The first kappa shape index (κ1) is 9.51. The van der Waals surface area contributed by atoms with E-state index >= 15 is 0 Å². The van der Waals surface area contributed by atoms with Crippen molar-refractivity contribution >= 4 is 39.5 Å². The summed E-state index contributed by atoms with van der Waals surface area (Å²) in [5.41, 5.74) is 1.54. The topological polar surface area (TPSA) is 42.1 Å². The average molecular weight is 301 g/mol. The fraction of sp³-hybridized carbons (Fsp3) is 0.100. The van der Waals surface area contributed by atoms with Gasteiger partial charge in [0.05, 0.1) is 12.7 Å².